The van der Waals surface area contributed by atoms with Crippen LogP contribution in [-0.4, -0.2) is 78.7 Å². The topological polar surface area (TPSA) is 168 Å². The molecule has 0 spiro atoms. The fourth-order valence-corrected chi connectivity index (χ4v) is 4.41. The number of phenolic OH excluding ortho intramolecular Hbond substituents is 2. The van der Waals surface area contributed by atoms with Crippen LogP contribution in [-0.2, 0) is 11.3 Å². The molecular formula is C21H22O9. The molecule has 30 heavy (non-hydrogen) atoms. The van der Waals surface area contributed by atoms with Crippen LogP contribution in [0.25, 0.3) is 0 Å². The number of hydrogen-bond acceptors (Lipinski definition) is 9. The van der Waals surface area contributed by atoms with Crippen molar-refractivity contribution in [3.8, 4) is 11.5 Å². The quantitative estimate of drug-likeness (QED) is 0.334. The summed E-state index contributed by atoms with van der Waals surface area (Å²) < 4.78 is 5.73. The molecule has 160 valence electrons. The second-order valence-corrected chi connectivity index (χ2v) is 7.58. The number of ketones is 1. The van der Waals surface area contributed by atoms with E-state index in [1.165, 1.54) is 24.3 Å². The summed E-state index contributed by atoms with van der Waals surface area (Å²) in [5.74, 6) is -2.34. The normalized spacial score (nSPS) is 30.6. The minimum Gasteiger partial charge on any atom is -0.507 e. The van der Waals surface area contributed by atoms with Gasteiger partial charge in [-0.15, -0.1) is 0 Å². The van der Waals surface area contributed by atoms with E-state index < -0.39 is 61.2 Å². The Kier molecular flexibility index (Phi) is 5.27. The number of phenols is 2. The lowest BCUT2D eigenvalue weighted by atomic mass is 9.71. The van der Waals surface area contributed by atoms with Crippen LogP contribution in [0.5, 0.6) is 11.5 Å². The third-order valence-corrected chi connectivity index (χ3v) is 5.85. The molecule has 1 aliphatic heterocycles. The van der Waals surface area contributed by atoms with Gasteiger partial charge in [-0.1, -0.05) is 18.2 Å². The SMILES string of the molecule is O=C1c2c(O)cccc2[C@@H]([C@H]2O[C@@H](CO)[C@H](O)[C@H](O)[C@@H]2O)c2cc(CO)cc(O)c21. The van der Waals surface area contributed by atoms with Crippen molar-refractivity contribution >= 4 is 5.78 Å². The van der Waals surface area contributed by atoms with Crippen molar-refractivity contribution in [1.82, 2.24) is 0 Å². The van der Waals surface area contributed by atoms with Crippen molar-refractivity contribution in [2.75, 3.05) is 6.61 Å². The fourth-order valence-electron chi connectivity index (χ4n) is 4.41. The van der Waals surface area contributed by atoms with Crippen LogP contribution in [0.4, 0.5) is 0 Å². The molecule has 4 rings (SSSR count). The van der Waals surface area contributed by atoms with E-state index in [4.69, 9.17) is 4.74 Å². The largest absolute Gasteiger partial charge is 0.507 e. The van der Waals surface area contributed by atoms with E-state index in [9.17, 15) is 40.5 Å². The zero-order chi connectivity index (χ0) is 21.7. The van der Waals surface area contributed by atoms with Gasteiger partial charge in [0.2, 0.25) is 5.78 Å². The maximum atomic E-state index is 13.1. The number of rotatable bonds is 3. The van der Waals surface area contributed by atoms with E-state index >= 15 is 0 Å². The molecule has 0 aromatic heterocycles. The summed E-state index contributed by atoms with van der Waals surface area (Å²) in [5, 5.41) is 71.0. The standard InChI is InChI=1S/C21H22O9/c22-6-8-4-10-14(21-20(29)19(28)17(26)13(7-23)30-21)9-2-1-3-11(24)15(9)18(27)16(10)12(25)5-8/h1-5,13-14,17,19-26,28-29H,6-7H2/t13-,14+,17-,19-,20-,21+/m0/s1. The lowest BCUT2D eigenvalue weighted by Crippen LogP contribution is -2.60. The molecule has 1 aliphatic carbocycles. The molecule has 1 heterocycles. The van der Waals surface area contributed by atoms with E-state index in [0.717, 1.165) is 0 Å². The van der Waals surface area contributed by atoms with Gasteiger partial charge in [0.1, 0.15) is 35.9 Å². The number of ether oxygens (including phenoxy) is 1. The molecule has 1 saturated heterocycles. The van der Waals surface area contributed by atoms with Crippen LogP contribution in [0, 0.1) is 0 Å². The molecule has 2 aromatic carbocycles. The molecule has 0 amide bonds. The molecule has 9 heteroatoms. The van der Waals surface area contributed by atoms with Gasteiger partial charge in [0, 0.05) is 5.92 Å². The lowest BCUT2D eigenvalue weighted by molar-refractivity contribution is -0.232. The van der Waals surface area contributed by atoms with E-state index in [-0.39, 0.29) is 28.0 Å². The van der Waals surface area contributed by atoms with Crippen LogP contribution in [0.2, 0.25) is 0 Å². The summed E-state index contributed by atoms with van der Waals surface area (Å²) in [7, 11) is 0. The van der Waals surface area contributed by atoms with Crippen molar-refractivity contribution < 1.29 is 45.3 Å². The summed E-state index contributed by atoms with van der Waals surface area (Å²) >= 11 is 0. The van der Waals surface area contributed by atoms with E-state index in [1.807, 2.05) is 0 Å². The predicted molar refractivity (Wildman–Crippen MR) is 101 cm³/mol. The monoisotopic (exact) mass is 418 g/mol. The lowest BCUT2D eigenvalue weighted by Gasteiger charge is -2.45. The van der Waals surface area contributed by atoms with Crippen LogP contribution >= 0.6 is 0 Å². The minimum absolute atomic E-state index is 0.0843. The molecule has 0 radical (unpaired) electrons. The number of aliphatic hydroxyl groups is 5. The van der Waals surface area contributed by atoms with Crippen molar-refractivity contribution in [3.63, 3.8) is 0 Å². The van der Waals surface area contributed by atoms with Gasteiger partial charge in [-0.25, -0.2) is 0 Å². The number of aromatic hydroxyl groups is 2. The predicted octanol–water partition coefficient (Wildman–Crippen LogP) is -0.891. The zero-order valence-corrected chi connectivity index (χ0v) is 15.7. The first-order chi connectivity index (χ1) is 14.3. The number of carbonyl (C=O) groups excluding carboxylic acids is 1. The first kappa shape index (κ1) is 20.7. The first-order valence-corrected chi connectivity index (χ1v) is 9.43. The van der Waals surface area contributed by atoms with Crippen molar-refractivity contribution in [2.45, 2.75) is 43.0 Å². The summed E-state index contributed by atoms with van der Waals surface area (Å²) in [6, 6.07) is 7.06. The molecule has 2 aliphatic rings. The average Bonchev–Trinajstić information content (AvgIpc) is 2.73. The third-order valence-electron chi connectivity index (χ3n) is 5.85. The van der Waals surface area contributed by atoms with E-state index in [2.05, 4.69) is 0 Å². The third kappa shape index (κ3) is 2.99. The van der Waals surface area contributed by atoms with Crippen molar-refractivity contribution in [2.24, 2.45) is 0 Å². The van der Waals surface area contributed by atoms with Crippen molar-refractivity contribution in [3.05, 3.63) is 58.1 Å². The van der Waals surface area contributed by atoms with Gasteiger partial charge in [0.05, 0.1) is 30.4 Å². The van der Waals surface area contributed by atoms with Crippen molar-refractivity contribution in [1.29, 1.82) is 0 Å². The molecule has 2 aromatic rings. The van der Waals surface area contributed by atoms with Gasteiger partial charge in [0.15, 0.2) is 0 Å². The summed E-state index contributed by atoms with van der Waals surface area (Å²) in [6.45, 7) is -1.06. The van der Waals surface area contributed by atoms with Gasteiger partial charge in [-0.2, -0.15) is 0 Å². The Hall–Kier alpha value is -2.53. The number of benzene rings is 2. The van der Waals surface area contributed by atoms with Gasteiger partial charge < -0.3 is 40.5 Å². The second-order valence-electron chi connectivity index (χ2n) is 7.58. The Morgan fingerprint density at radius 1 is 0.867 bits per heavy atom. The summed E-state index contributed by atoms with van der Waals surface area (Å²) in [4.78, 5) is 13.1. The Bertz CT molecular complexity index is 987. The molecule has 9 nitrogen and oxygen atoms in total. The molecule has 0 bridgehead atoms. The van der Waals surface area contributed by atoms with Gasteiger partial charge >= 0.3 is 0 Å². The number of carbonyl (C=O) groups is 1. The van der Waals surface area contributed by atoms with Crippen LogP contribution < -0.4 is 0 Å². The average molecular weight is 418 g/mol. The van der Waals surface area contributed by atoms with E-state index in [0.29, 0.717) is 5.56 Å². The molecule has 0 unspecified atom stereocenters. The van der Waals surface area contributed by atoms with Gasteiger partial charge in [0.25, 0.3) is 0 Å². The molecule has 6 atom stereocenters. The maximum Gasteiger partial charge on any atom is 0.201 e. The fraction of sp³-hybridized carbons (Fsp3) is 0.381. The smallest absolute Gasteiger partial charge is 0.201 e. The van der Waals surface area contributed by atoms with Gasteiger partial charge in [-0.05, 0) is 28.8 Å². The highest BCUT2D eigenvalue weighted by Crippen LogP contribution is 2.47. The number of aliphatic hydroxyl groups excluding tert-OH is 5. The zero-order valence-electron chi connectivity index (χ0n) is 15.7. The van der Waals surface area contributed by atoms with E-state index in [1.54, 1.807) is 6.07 Å². The molecule has 1 fully saturated rings. The number of hydrogen-bond donors (Lipinski definition) is 7. The molecule has 7 N–H and O–H groups in total. The molecular weight excluding hydrogens is 396 g/mol. The Morgan fingerprint density at radius 3 is 2.23 bits per heavy atom. The highest BCUT2D eigenvalue weighted by atomic mass is 16.5. The highest BCUT2D eigenvalue weighted by Gasteiger charge is 2.50. The highest BCUT2D eigenvalue weighted by molar-refractivity contribution is 6.16. The Balaban J connectivity index is 1.96. The molecule has 0 saturated carbocycles. The maximum absolute atomic E-state index is 13.1. The summed E-state index contributed by atoms with van der Waals surface area (Å²) in [5.41, 5.74) is 0.609. The summed E-state index contributed by atoms with van der Waals surface area (Å²) in [6.07, 6.45) is -7.22. The van der Waals surface area contributed by atoms with Gasteiger partial charge in [-0.3, -0.25) is 4.79 Å². The van der Waals surface area contributed by atoms with Crippen LogP contribution in [0.15, 0.2) is 30.3 Å². The Labute approximate surface area is 171 Å². The minimum atomic E-state index is -1.64. The van der Waals surface area contributed by atoms with Crippen LogP contribution in [0.1, 0.15) is 38.5 Å². The number of fused-ring (bicyclic) bond motifs is 2. The second kappa shape index (κ2) is 7.62. The van der Waals surface area contributed by atoms with Crippen LogP contribution in [0.3, 0.4) is 0 Å². The Morgan fingerprint density at radius 2 is 1.57 bits per heavy atom. The first-order valence-electron chi connectivity index (χ1n) is 9.43.